The molecule has 6 heteroatoms. The molecule has 0 fully saturated rings. The monoisotopic (exact) mass is 251 g/mol. The second-order valence-electron chi connectivity index (χ2n) is 2.30. The molecule has 0 bridgehead atoms. The largest absolute Gasteiger partial charge is 0.302 e. The first-order valence-electron chi connectivity index (χ1n) is 3.39. The lowest BCUT2D eigenvalue weighted by Gasteiger charge is -1.98. The fourth-order valence-electron chi connectivity index (χ4n) is 0.951. The summed E-state index contributed by atoms with van der Waals surface area (Å²) >= 11 is 2.95. The van der Waals surface area contributed by atoms with Gasteiger partial charge in [-0.3, -0.25) is 10.1 Å². The molecule has 1 rings (SSSR count). The van der Waals surface area contributed by atoms with Crippen molar-refractivity contribution in [3.8, 4) is 12.1 Å². The van der Waals surface area contributed by atoms with Crippen LogP contribution in [0.5, 0.6) is 0 Å². The first-order valence-corrected chi connectivity index (χ1v) is 4.18. The standard InChI is InChI=1S/C8H2BrN3O2/c9-7-2-1-5(3-10)6(4-11)8(7)12(13)14/h1-2H. The molecule has 14 heavy (non-hydrogen) atoms. The second-order valence-corrected chi connectivity index (χ2v) is 3.15. The van der Waals surface area contributed by atoms with Crippen molar-refractivity contribution in [2.75, 3.05) is 0 Å². The van der Waals surface area contributed by atoms with E-state index in [1.54, 1.807) is 12.1 Å². The van der Waals surface area contributed by atoms with Crippen molar-refractivity contribution in [2.45, 2.75) is 0 Å². The summed E-state index contributed by atoms with van der Waals surface area (Å²) < 4.78 is 0.193. The molecule has 0 aromatic heterocycles. The van der Waals surface area contributed by atoms with Gasteiger partial charge in [0.2, 0.25) is 0 Å². The van der Waals surface area contributed by atoms with Gasteiger partial charge in [0, 0.05) is 0 Å². The number of hydrogen-bond donors (Lipinski definition) is 0. The zero-order chi connectivity index (χ0) is 10.7. The highest BCUT2D eigenvalue weighted by atomic mass is 79.9. The van der Waals surface area contributed by atoms with Crippen molar-refractivity contribution in [1.82, 2.24) is 0 Å². The summed E-state index contributed by atoms with van der Waals surface area (Å²) in [6, 6.07) is 6.09. The summed E-state index contributed by atoms with van der Waals surface area (Å²) in [7, 11) is 0. The molecule has 0 aliphatic carbocycles. The zero-order valence-corrected chi connectivity index (χ0v) is 8.28. The van der Waals surface area contributed by atoms with Crippen LogP contribution in [0.2, 0.25) is 0 Å². The van der Waals surface area contributed by atoms with Crippen LogP contribution in [0.3, 0.4) is 0 Å². The fraction of sp³-hybridized carbons (Fsp3) is 0. The summed E-state index contributed by atoms with van der Waals surface area (Å²) in [6.45, 7) is 0. The van der Waals surface area contributed by atoms with E-state index in [1.165, 1.54) is 12.1 Å². The predicted molar refractivity (Wildman–Crippen MR) is 50.2 cm³/mol. The van der Waals surface area contributed by atoms with Gasteiger partial charge in [-0.05, 0) is 28.1 Å². The van der Waals surface area contributed by atoms with E-state index in [0.717, 1.165) is 0 Å². The first-order chi connectivity index (χ1) is 6.61. The maximum atomic E-state index is 10.6. The Morgan fingerprint density at radius 2 is 2.00 bits per heavy atom. The third-order valence-electron chi connectivity index (χ3n) is 1.54. The summed E-state index contributed by atoms with van der Waals surface area (Å²) in [5.74, 6) is 0. The van der Waals surface area contributed by atoms with Gasteiger partial charge in [-0.25, -0.2) is 0 Å². The molecule has 0 aliphatic heterocycles. The fourth-order valence-corrected chi connectivity index (χ4v) is 1.43. The molecule has 5 nitrogen and oxygen atoms in total. The van der Waals surface area contributed by atoms with Crippen LogP contribution >= 0.6 is 15.9 Å². The number of rotatable bonds is 1. The lowest BCUT2D eigenvalue weighted by atomic mass is 10.1. The number of nitriles is 2. The second kappa shape index (κ2) is 3.86. The molecule has 1 aromatic rings. The Morgan fingerprint density at radius 3 is 2.43 bits per heavy atom. The average molecular weight is 252 g/mol. The highest BCUT2D eigenvalue weighted by Crippen LogP contribution is 2.30. The molecule has 1 aromatic carbocycles. The quantitative estimate of drug-likeness (QED) is 0.565. The highest BCUT2D eigenvalue weighted by Gasteiger charge is 2.21. The van der Waals surface area contributed by atoms with Crippen molar-refractivity contribution >= 4 is 21.6 Å². The Kier molecular flexibility index (Phi) is 2.80. The molecule has 0 saturated carbocycles. The minimum Gasteiger partial charge on any atom is -0.258 e. The van der Waals surface area contributed by atoms with Gasteiger partial charge in [0.05, 0.1) is 15.0 Å². The Morgan fingerprint density at radius 1 is 1.36 bits per heavy atom. The van der Waals surface area contributed by atoms with Gasteiger partial charge in [-0.1, -0.05) is 0 Å². The van der Waals surface area contributed by atoms with Gasteiger partial charge >= 0.3 is 5.69 Å². The van der Waals surface area contributed by atoms with Gasteiger partial charge in [-0.2, -0.15) is 10.5 Å². The Balaban J connectivity index is 3.64. The molecule has 0 saturated heterocycles. The molecule has 0 amide bonds. The molecular formula is C8H2BrN3O2. The van der Waals surface area contributed by atoms with Crippen LogP contribution in [0.25, 0.3) is 0 Å². The lowest BCUT2D eigenvalue weighted by molar-refractivity contribution is -0.386. The SMILES string of the molecule is N#Cc1ccc(Br)c([N+](=O)[O-])c1C#N. The van der Waals surface area contributed by atoms with E-state index in [1.807, 2.05) is 0 Å². The van der Waals surface area contributed by atoms with Crippen LogP contribution in [0.15, 0.2) is 16.6 Å². The lowest BCUT2D eigenvalue weighted by Crippen LogP contribution is -1.96. The molecule has 0 aliphatic rings. The maximum Gasteiger partial charge on any atom is 0.302 e. The van der Waals surface area contributed by atoms with Gasteiger partial charge in [-0.15, -0.1) is 0 Å². The van der Waals surface area contributed by atoms with E-state index in [2.05, 4.69) is 15.9 Å². The summed E-state index contributed by atoms with van der Waals surface area (Å²) in [5, 5.41) is 27.9. The average Bonchev–Trinajstić information content (AvgIpc) is 2.16. The number of nitro benzene ring substituents is 1. The summed E-state index contributed by atoms with van der Waals surface area (Å²) in [6.07, 6.45) is 0. The summed E-state index contributed by atoms with van der Waals surface area (Å²) in [4.78, 5) is 9.89. The van der Waals surface area contributed by atoms with Gasteiger partial charge in [0.15, 0.2) is 0 Å². The third-order valence-corrected chi connectivity index (χ3v) is 2.18. The molecule has 0 radical (unpaired) electrons. The van der Waals surface area contributed by atoms with E-state index < -0.39 is 4.92 Å². The molecule has 0 N–H and O–H groups in total. The van der Waals surface area contributed by atoms with Crippen molar-refractivity contribution in [1.29, 1.82) is 10.5 Å². The van der Waals surface area contributed by atoms with Crippen molar-refractivity contribution in [2.24, 2.45) is 0 Å². The molecule has 0 heterocycles. The minimum absolute atomic E-state index is 0.00222. The Hall–Kier alpha value is -1.92. The maximum absolute atomic E-state index is 10.6. The van der Waals surface area contributed by atoms with Gasteiger partial charge in [0.25, 0.3) is 0 Å². The highest BCUT2D eigenvalue weighted by molar-refractivity contribution is 9.10. The topological polar surface area (TPSA) is 90.7 Å². The minimum atomic E-state index is -0.691. The normalized spacial score (nSPS) is 8.79. The number of benzene rings is 1. The molecule has 0 unspecified atom stereocenters. The van der Waals surface area contributed by atoms with Crippen LogP contribution in [0.1, 0.15) is 11.1 Å². The Labute approximate surface area is 87.5 Å². The van der Waals surface area contributed by atoms with Crippen LogP contribution in [-0.4, -0.2) is 4.92 Å². The van der Waals surface area contributed by atoms with Crippen LogP contribution in [0, 0.1) is 32.8 Å². The van der Waals surface area contributed by atoms with Crippen molar-refractivity contribution in [3.63, 3.8) is 0 Å². The molecular weight excluding hydrogens is 250 g/mol. The zero-order valence-electron chi connectivity index (χ0n) is 6.69. The number of hydrogen-bond acceptors (Lipinski definition) is 4. The van der Waals surface area contributed by atoms with Crippen LogP contribution in [0.4, 0.5) is 5.69 Å². The van der Waals surface area contributed by atoms with Gasteiger partial charge in [0.1, 0.15) is 17.7 Å². The molecule has 68 valence electrons. The van der Waals surface area contributed by atoms with E-state index in [0.29, 0.717) is 0 Å². The van der Waals surface area contributed by atoms with E-state index in [-0.39, 0.29) is 21.3 Å². The van der Waals surface area contributed by atoms with E-state index in [9.17, 15) is 10.1 Å². The number of nitrogens with zero attached hydrogens (tertiary/aromatic N) is 3. The molecule has 0 atom stereocenters. The third kappa shape index (κ3) is 1.56. The van der Waals surface area contributed by atoms with Gasteiger partial charge < -0.3 is 0 Å². The van der Waals surface area contributed by atoms with E-state index >= 15 is 0 Å². The predicted octanol–water partition coefficient (Wildman–Crippen LogP) is 2.10. The molecule has 0 spiro atoms. The number of nitro groups is 1. The van der Waals surface area contributed by atoms with Crippen molar-refractivity contribution < 1.29 is 4.92 Å². The smallest absolute Gasteiger partial charge is 0.258 e. The van der Waals surface area contributed by atoms with Crippen molar-refractivity contribution in [3.05, 3.63) is 37.8 Å². The van der Waals surface area contributed by atoms with Crippen LogP contribution in [-0.2, 0) is 0 Å². The first kappa shape index (κ1) is 10.2. The van der Waals surface area contributed by atoms with E-state index in [4.69, 9.17) is 10.5 Å². The summed E-state index contributed by atoms with van der Waals surface area (Å²) in [5.41, 5.74) is -0.583. The Bertz CT molecular complexity index is 485. The number of halogens is 1. The van der Waals surface area contributed by atoms with Crippen LogP contribution < -0.4 is 0 Å².